The normalized spacial score (nSPS) is 21.7. The minimum Gasteiger partial charge on any atom is -0.335 e. The molecule has 13 heavy (non-hydrogen) atoms. The second kappa shape index (κ2) is 3.22. The molecule has 1 N–H and O–H groups in total. The van der Waals surface area contributed by atoms with Gasteiger partial charge in [-0.3, -0.25) is 9.78 Å². The first-order chi connectivity index (χ1) is 6.27. The summed E-state index contributed by atoms with van der Waals surface area (Å²) in [4.78, 5) is 15.7. The predicted molar refractivity (Wildman–Crippen MR) is 51.9 cm³/mol. The van der Waals surface area contributed by atoms with Gasteiger partial charge in [0.05, 0.1) is 4.91 Å². The molecule has 1 amide bonds. The van der Waals surface area contributed by atoms with Crippen LogP contribution in [0.3, 0.4) is 0 Å². The lowest BCUT2D eigenvalue weighted by Gasteiger charge is -2.06. The number of hydrogen-bond acceptors (Lipinski definition) is 3. The van der Waals surface area contributed by atoms with Crippen molar-refractivity contribution in [2.75, 3.05) is 0 Å². The van der Waals surface area contributed by atoms with Crippen LogP contribution in [0.25, 0.3) is 0 Å². The van der Waals surface area contributed by atoms with E-state index in [0.717, 1.165) is 5.56 Å². The maximum absolute atomic E-state index is 11.1. The Bertz CT molecular complexity index is 334. The fourth-order valence-corrected chi connectivity index (χ4v) is 2.00. The smallest absolute Gasteiger partial charge is 0.258 e. The number of carbonyl (C=O) groups is 1. The Labute approximate surface area is 80.2 Å². The van der Waals surface area contributed by atoms with Gasteiger partial charge in [-0.2, -0.15) is 0 Å². The molecule has 0 aromatic carbocycles. The van der Waals surface area contributed by atoms with Crippen LogP contribution in [0.5, 0.6) is 0 Å². The molecular formula is C9H8N2OS. The van der Waals surface area contributed by atoms with Gasteiger partial charge in [-0.25, -0.2) is 0 Å². The van der Waals surface area contributed by atoms with E-state index in [9.17, 15) is 4.79 Å². The van der Waals surface area contributed by atoms with Crippen molar-refractivity contribution in [1.82, 2.24) is 10.3 Å². The molecule has 1 aliphatic heterocycles. The van der Waals surface area contributed by atoms with Crippen molar-refractivity contribution in [2.24, 2.45) is 0 Å². The van der Waals surface area contributed by atoms with Crippen molar-refractivity contribution < 1.29 is 4.79 Å². The third-order valence-corrected chi connectivity index (χ3v) is 2.86. The highest BCUT2D eigenvalue weighted by Crippen LogP contribution is 2.36. The van der Waals surface area contributed by atoms with Gasteiger partial charge in [-0.1, -0.05) is 24.4 Å². The van der Waals surface area contributed by atoms with Crippen LogP contribution in [0, 0.1) is 0 Å². The van der Waals surface area contributed by atoms with Gasteiger partial charge in [0.1, 0.15) is 5.37 Å². The van der Waals surface area contributed by atoms with E-state index < -0.39 is 0 Å². The Morgan fingerprint density at radius 1 is 1.62 bits per heavy atom. The Balaban J connectivity index is 2.21. The zero-order valence-corrected chi connectivity index (χ0v) is 7.67. The molecule has 0 saturated carbocycles. The molecule has 0 aliphatic carbocycles. The second-order valence-electron chi connectivity index (χ2n) is 2.68. The molecule has 1 aromatic rings. The molecule has 1 aromatic heterocycles. The molecule has 3 nitrogen and oxygen atoms in total. The first kappa shape index (κ1) is 8.31. The quantitative estimate of drug-likeness (QED) is 0.685. The van der Waals surface area contributed by atoms with Gasteiger partial charge >= 0.3 is 0 Å². The summed E-state index contributed by atoms with van der Waals surface area (Å²) in [7, 11) is 0. The number of amides is 1. The van der Waals surface area contributed by atoms with Gasteiger partial charge in [0, 0.05) is 18.0 Å². The van der Waals surface area contributed by atoms with Crippen LogP contribution >= 0.6 is 11.8 Å². The van der Waals surface area contributed by atoms with Crippen LogP contribution in [0.15, 0.2) is 36.0 Å². The summed E-state index contributed by atoms with van der Waals surface area (Å²) < 4.78 is 0. The summed E-state index contributed by atoms with van der Waals surface area (Å²) in [6, 6.07) is 3.78. The van der Waals surface area contributed by atoms with Crippen molar-refractivity contribution in [2.45, 2.75) is 5.37 Å². The Hall–Kier alpha value is -1.29. The molecule has 1 aliphatic rings. The Morgan fingerprint density at radius 3 is 3.00 bits per heavy atom. The molecule has 0 spiro atoms. The molecule has 2 heterocycles. The fourth-order valence-electron chi connectivity index (χ4n) is 1.11. The van der Waals surface area contributed by atoms with Crippen LogP contribution in [0.2, 0.25) is 0 Å². The molecule has 66 valence electrons. The lowest BCUT2D eigenvalue weighted by molar-refractivity contribution is -0.116. The van der Waals surface area contributed by atoms with Gasteiger partial charge in [0.2, 0.25) is 0 Å². The highest BCUT2D eigenvalue weighted by Gasteiger charge is 2.26. The number of carbonyl (C=O) groups excluding carboxylic acids is 1. The molecule has 1 atom stereocenters. The summed E-state index contributed by atoms with van der Waals surface area (Å²) in [5.41, 5.74) is 1.000. The van der Waals surface area contributed by atoms with E-state index in [0.29, 0.717) is 4.91 Å². The Morgan fingerprint density at radius 2 is 2.46 bits per heavy atom. The maximum Gasteiger partial charge on any atom is 0.258 e. The number of aromatic nitrogens is 1. The van der Waals surface area contributed by atoms with E-state index in [1.165, 1.54) is 11.8 Å². The van der Waals surface area contributed by atoms with E-state index in [1.807, 2.05) is 12.1 Å². The third-order valence-electron chi connectivity index (χ3n) is 1.76. The van der Waals surface area contributed by atoms with Crippen molar-refractivity contribution in [3.63, 3.8) is 0 Å². The number of hydrogen-bond donors (Lipinski definition) is 1. The number of thioether (sulfide) groups is 1. The number of nitrogens with one attached hydrogen (secondary N) is 1. The van der Waals surface area contributed by atoms with E-state index in [1.54, 1.807) is 12.4 Å². The summed E-state index contributed by atoms with van der Waals surface area (Å²) in [6.07, 6.45) is 3.45. The van der Waals surface area contributed by atoms with Gasteiger partial charge in [-0.05, 0) is 6.07 Å². The molecule has 0 radical (unpaired) electrons. The lowest BCUT2D eigenvalue weighted by Crippen LogP contribution is -2.18. The van der Waals surface area contributed by atoms with Crippen molar-refractivity contribution >= 4 is 17.7 Å². The molecule has 0 bridgehead atoms. The van der Waals surface area contributed by atoms with Crippen LogP contribution in [0.4, 0.5) is 0 Å². The first-order valence-corrected chi connectivity index (χ1v) is 4.71. The highest BCUT2D eigenvalue weighted by atomic mass is 32.2. The third kappa shape index (κ3) is 1.58. The molecule has 1 unspecified atom stereocenters. The van der Waals surface area contributed by atoms with E-state index in [4.69, 9.17) is 0 Å². The van der Waals surface area contributed by atoms with Crippen molar-refractivity contribution in [3.05, 3.63) is 41.6 Å². The molecule has 1 saturated heterocycles. The molecule has 1 fully saturated rings. The van der Waals surface area contributed by atoms with Crippen LogP contribution < -0.4 is 5.32 Å². The molecular weight excluding hydrogens is 184 g/mol. The van der Waals surface area contributed by atoms with Crippen LogP contribution in [-0.2, 0) is 4.79 Å². The van der Waals surface area contributed by atoms with Gasteiger partial charge in [0.15, 0.2) is 0 Å². The Kier molecular flexibility index (Phi) is 2.06. The summed E-state index contributed by atoms with van der Waals surface area (Å²) in [5, 5.41) is 2.78. The highest BCUT2D eigenvalue weighted by molar-refractivity contribution is 8.04. The minimum absolute atomic E-state index is 0.0197. The van der Waals surface area contributed by atoms with Crippen LogP contribution in [-0.4, -0.2) is 10.9 Å². The van der Waals surface area contributed by atoms with Crippen LogP contribution in [0.1, 0.15) is 10.9 Å². The number of nitrogens with zero attached hydrogens (tertiary/aromatic N) is 1. The van der Waals surface area contributed by atoms with Crippen molar-refractivity contribution in [1.29, 1.82) is 0 Å². The summed E-state index contributed by atoms with van der Waals surface area (Å²) >= 11 is 1.43. The standard InChI is InChI=1S/C9H8N2OS/c1-6-8(12)11-9(13-6)7-3-2-4-10-5-7/h2-5,9H,1H2,(H,11,12). The number of rotatable bonds is 1. The zero-order valence-electron chi connectivity index (χ0n) is 6.86. The topological polar surface area (TPSA) is 42.0 Å². The predicted octanol–water partition coefficient (Wildman–Crippen LogP) is 1.46. The summed E-state index contributed by atoms with van der Waals surface area (Å²) in [6.45, 7) is 3.64. The minimum atomic E-state index is -0.0844. The maximum atomic E-state index is 11.1. The van der Waals surface area contributed by atoms with E-state index in [2.05, 4.69) is 16.9 Å². The van der Waals surface area contributed by atoms with E-state index >= 15 is 0 Å². The second-order valence-corrected chi connectivity index (χ2v) is 3.88. The summed E-state index contributed by atoms with van der Waals surface area (Å²) in [5.74, 6) is -0.0844. The number of pyridine rings is 1. The van der Waals surface area contributed by atoms with Gasteiger partial charge < -0.3 is 5.32 Å². The monoisotopic (exact) mass is 192 g/mol. The zero-order chi connectivity index (χ0) is 9.26. The SMILES string of the molecule is C=C1SC(c2cccnc2)NC1=O. The van der Waals surface area contributed by atoms with E-state index in [-0.39, 0.29) is 11.3 Å². The fraction of sp³-hybridized carbons (Fsp3) is 0.111. The lowest BCUT2D eigenvalue weighted by atomic mass is 10.3. The average molecular weight is 192 g/mol. The first-order valence-electron chi connectivity index (χ1n) is 3.84. The van der Waals surface area contributed by atoms with Gasteiger partial charge in [-0.15, -0.1) is 0 Å². The largest absolute Gasteiger partial charge is 0.335 e. The molecule has 2 rings (SSSR count). The van der Waals surface area contributed by atoms with Crippen molar-refractivity contribution in [3.8, 4) is 0 Å². The molecule has 4 heteroatoms. The average Bonchev–Trinajstić information content (AvgIpc) is 2.49. The van der Waals surface area contributed by atoms with Gasteiger partial charge in [0.25, 0.3) is 5.91 Å².